The molecule has 6 nitrogen and oxygen atoms in total. The molecular weight excluding hydrogens is 425 g/mol. The fraction of sp³-hybridized carbons (Fsp3) is 0.667. The molecule has 1 heterocycles. The Morgan fingerprint density at radius 1 is 1.35 bits per heavy atom. The van der Waals surface area contributed by atoms with Crippen molar-refractivity contribution in [2.75, 3.05) is 33.7 Å². The van der Waals surface area contributed by atoms with Crippen molar-refractivity contribution in [3.05, 3.63) is 16.1 Å². The number of aliphatic imine (C=N–C) groups is 1. The zero-order valence-electron chi connectivity index (χ0n) is 14.4. The Labute approximate surface area is 160 Å². The van der Waals surface area contributed by atoms with Crippen LogP contribution in [0.4, 0.5) is 0 Å². The fourth-order valence-corrected chi connectivity index (χ4v) is 2.57. The van der Waals surface area contributed by atoms with Crippen LogP contribution in [0, 0.1) is 6.92 Å². The molecule has 2 N–H and O–H groups in total. The molecule has 0 saturated carbocycles. The van der Waals surface area contributed by atoms with Crippen LogP contribution in [-0.2, 0) is 11.2 Å². The van der Waals surface area contributed by atoms with Crippen molar-refractivity contribution in [2.45, 2.75) is 33.1 Å². The molecule has 0 fully saturated rings. The lowest BCUT2D eigenvalue weighted by Crippen LogP contribution is -2.38. The second-order valence-electron chi connectivity index (χ2n) is 5.25. The number of amides is 1. The summed E-state index contributed by atoms with van der Waals surface area (Å²) in [7, 11) is 3.47. The molecule has 0 unspecified atom stereocenters. The molecule has 0 aliphatic carbocycles. The van der Waals surface area contributed by atoms with Gasteiger partial charge in [0.05, 0.1) is 5.01 Å². The van der Waals surface area contributed by atoms with Crippen LogP contribution < -0.4 is 10.6 Å². The Kier molecular flexibility index (Phi) is 12.0. The van der Waals surface area contributed by atoms with Gasteiger partial charge in [-0.3, -0.25) is 4.79 Å². The molecule has 0 radical (unpaired) electrons. The van der Waals surface area contributed by atoms with Crippen LogP contribution in [0.1, 0.15) is 30.5 Å². The lowest BCUT2D eigenvalue weighted by Gasteiger charge is -2.12. The molecule has 0 saturated heterocycles. The Hall–Kier alpha value is -0.900. The van der Waals surface area contributed by atoms with Crippen molar-refractivity contribution in [1.82, 2.24) is 20.5 Å². The smallest absolute Gasteiger partial charge is 0.243 e. The topological polar surface area (TPSA) is 69.6 Å². The van der Waals surface area contributed by atoms with Crippen molar-refractivity contribution in [3.8, 4) is 0 Å². The van der Waals surface area contributed by atoms with Gasteiger partial charge in [0, 0.05) is 38.3 Å². The SMILES string of the molecule is CCNC(=NCC(=O)N(C)C)NCCCCc1nc(C)cs1.I. The number of aromatic nitrogens is 1. The molecule has 1 rings (SSSR count). The standard InChI is InChI=1S/C15H27N5OS.HI/c1-5-16-15(18-10-14(21)20(3)4)17-9-7-6-8-13-19-12(2)11-22-13;/h11H,5-10H2,1-4H3,(H2,16,17,18);1H. The Balaban J connectivity index is 0.00000484. The monoisotopic (exact) mass is 453 g/mol. The Morgan fingerprint density at radius 2 is 2.09 bits per heavy atom. The number of hydrogen-bond donors (Lipinski definition) is 2. The average Bonchev–Trinajstić information content (AvgIpc) is 2.89. The average molecular weight is 453 g/mol. The molecule has 8 heteroatoms. The third-order valence-electron chi connectivity index (χ3n) is 2.99. The van der Waals surface area contributed by atoms with Crippen LogP contribution in [0.15, 0.2) is 10.4 Å². The molecule has 132 valence electrons. The summed E-state index contributed by atoms with van der Waals surface area (Å²) in [4.78, 5) is 21.8. The lowest BCUT2D eigenvalue weighted by molar-refractivity contribution is -0.127. The summed E-state index contributed by atoms with van der Waals surface area (Å²) in [6.45, 7) is 5.82. The van der Waals surface area contributed by atoms with E-state index in [2.05, 4.69) is 26.0 Å². The summed E-state index contributed by atoms with van der Waals surface area (Å²) in [5, 5.41) is 9.70. The minimum atomic E-state index is -0.00339. The van der Waals surface area contributed by atoms with Gasteiger partial charge in [0.15, 0.2) is 5.96 Å². The zero-order valence-corrected chi connectivity index (χ0v) is 17.5. The molecule has 0 spiro atoms. The van der Waals surface area contributed by atoms with E-state index in [9.17, 15) is 4.79 Å². The van der Waals surface area contributed by atoms with Gasteiger partial charge >= 0.3 is 0 Å². The highest BCUT2D eigenvalue weighted by molar-refractivity contribution is 14.0. The third kappa shape index (κ3) is 9.75. The summed E-state index contributed by atoms with van der Waals surface area (Å²) >= 11 is 1.73. The van der Waals surface area contributed by atoms with Crippen molar-refractivity contribution in [3.63, 3.8) is 0 Å². The quantitative estimate of drug-likeness (QED) is 0.274. The number of nitrogens with one attached hydrogen (secondary N) is 2. The van der Waals surface area contributed by atoms with Crippen molar-refractivity contribution >= 4 is 47.2 Å². The van der Waals surface area contributed by atoms with Crippen molar-refractivity contribution < 1.29 is 4.79 Å². The van der Waals surface area contributed by atoms with E-state index in [4.69, 9.17) is 0 Å². The molecule has 1 amide bonds. The van der Waals surface area contributed by atoms with E-state index in [0.717, 1.165) is 38.0 Å². The van der Waals surface area contributed by atoms with E-state index in [1.165, 1.54) is 5.01 Å². The molecule has 0 aromatic carbocycles. The molecule has 0 bridgehead atoms. The largest absolute Gasteiger partial charge is 0.357 e. The van der Waals surface area contributed by atoms with Crippen LogP contribution in [0.3, 0.4) is 0 Å². The first-order valence-electron chi connectivity index (χ1n) is 7.66. The second kappa shape index (κ2) is 12.5. The van der Waals surface area contributed by atoms with E-state index in [1.54, 1.807) is 30.3 Å². The van der Waals surface area contributed by atoms with Gasteiger partial charge in [0.25, 0.3) is 0 Å². The number of rotatable bonds is 8. The van der Waals surface area contributed by atoms with E-state index in [1.807, 2.05) is 13.8 Å². The molecule has 23 heavy (non-hydrogen) atoms. The maximum absolute atomic E-state index is 11.5. The second-order valence-corrected chi connectivity index (χ2v) is 6.19. The summed E-state index contributed by atoms with van der Waals surface area (Å²) < 4.78 is 0. The number of carbonyl (C=O) groups excluding carboxylic acids is 1. The number of unbranched alkanes of at least 4 members (excludes halogenated alkanes) is 1. The van der Waals surface area contributed by atoms with Gasteiger partial charge in [0.2, 0.25) is 5.91 Å². The predicted molar refractivity (Wildman–Crippen MR) is 108 cm³/mol. The molecule has 0 aliphatic rings. The van der Waals surface area contributed by atoms with Gasteiger partial charge in [-0.1, -0.05) is 0 Å². The summed E-state index contributed by atoms with van der Waals surface area (Å²) in [6, 6.07) is 0. The number of carbonyl (C=O) groups is 1. The van der Waals surface area contributed by atoms with E-state index >= 15 is 0 Å². The Bertz CT molecular complexity index is 490. The fourth-order valence-electron chi connectivity index (χ4n) is 1.76. The number of aryl methyl sites for hydroxylation is 2. The molecular formula is C15H28IN5OS. The molecule has 1 aromatic rings. The highest BCUT2D eigenvalue weighted by Gasteiger charge is 2.04. The van der Waals surface area contributed by atoms with Gasteiger partial charge in [-0.25, -0.2) is 9.98 Å². The number of halogens is 1. The van der Waals surface area contributed by atoms with Gasteiger partial charge in [-0.05, 0) is 33.1 Å². The number of likely N-dealkylation sites (N-methyl/N-ethyl adjacent to an activating group) is 1. The maximum Gasteiger partial charge on any atom is 0.243 e. The van der Waals surface area contributed by atoms with E-state index < -0.39 is 0 Å². The van der Waals surface area contributed by atoms with E-state index in [-0.39, 0.29) is 36.4 Å². The minimum Gasteiger partial charge on any atom is -0.357 e. The summed E-state index contributed by atoms with van der Waals surface area (Å²) in [5.41, 5.74) is 1.10. The van der Waals surface area contributed by atoms with Crippen LogP contribution in [0.2, 0.25) is 0 Å². The molecule has 0 aliphatic heterocycles. The highest BCUT2D eigenvalue weighted by Crippen LogP contribution is 2.11. The van der Waals surface area contributed by atoms with E-state index in [0.29, 0.717) is 5.96 Å². The maximum atomic E-state index is 11.5. The van der Waals surface area contributed by atoms with Gasteiger partial charge in [-0.15, -0.1) is 35.3 Å². The summed E-state index contributed by atoms with van der Waals surface area (Å²) in [6.07, 6.45) is 3.16. The van der Waals surface area contributed by atoms with Gasteiger partial charge in [-0.2, -0.15) is 0 Å². The van der Waals surface area contributed by atoms with Crippen molar-refractivity contribution in [2.24, 2.45) is 4.99 Å². The first kappa shape index (κ1) is 22.1. The van der Waals surface area contributed by atoms with Gasteiger partial charge < -0.3 is 15.5 Å². The van der Waals surface area contributed by atoms with Crippen LogP contribution in [0.25, 0.3) is 0 Å². The minimum absolute atomic E-state index is 0. The van der Waals surface area contributed by atoms with Crippen LogP contribution >= 0.6 is 35.3 Å². The molecule has 0 atom stereocenters. The van der Waals surface area contributed by atoms with Crippen LogP contribution in [-0.4, -0.2) is 55.5 Å². The van der Waals surface area contributed by atoms with Crippen LogP contribution in [0.5, 0.6) is 0 Å². The first-order chi connectivity index (χ1) is 10.5. The number of nitrogens with zero attached hydrogens (tertiary/aromatic N) is 3. The highest BCUT2D eigenvalue weighted by atomic mass is 127. The van der Waals surface area contributed by atoms with Gasteiger partial charge in [0.1, 0.15) is 6.54 Å². The Morgan fingerprint density at radius 3 is 2.65 bits per heavy atom. The number of thiazole rings is 1. The van der Waals surface area contributed by atoms with Crippen molar-refractivity contribution in [1.29, 1.82) is 0 Å². The predicted octanol–water partition coefficient (Wildman–Crippen LogP) is 2.04. The lowest BCUT2D eigenvalue weighted by atomic mass is 10.2. The molecule has 1 aromatic heterocycles. The first-order valence-corrected chi connectivity index (χ1v) is 8.54. The third-order valence-corrected chi connectivity index (χ3v) is 4.02. The normalized spacial score (nSPS) is 10.9. The number of guanidine groups is 1. The zero-order chi connectivity index (χ0) is 16.4. The number of hydrogen-bond acceptors (Lipinski definition) is 4. The summed E-state index contributed by atoms with van der Waals surface area (Å²) in [5.74, 6) is 0.694.